The van der Waals surface area contributed by atoms with E-state index in [9.17, 15) is 9.18 Å². The average Bonchev–Trinajstić information content (AvgIpc) is 3.27. The van der Waals surface area contributed by atoms with Crippen molar-refractivity contribution in [3.8, 4) is 10.4 Å². The number of carbonyl (C=O) groups is 1. The van der Waals surface area contributed by atoms with Crippen LogP contribution in [0.1, 0.15) is 11.3 Å². The van der Waals surface area contributed by atoms with E-state index in [1.165, 1.54) is 12.1 Å². The molecule has 4 aromatic rings. The maximum Gasteiger partial charge on any atom is 0.246 e. The number of benzene rings is 1. The summed E-state index contributed by atoms with van der Waals surface area (Å²) in [5, 5.41) is 10.3. The van der Waals surface area contributed by atoms with Crippen LogP contribution in [-0.4, -0.2) is 20.7 Å². The monoisotopic (exact) mass is 380 g/mol. The molecule has 0 fully saturated rings. The van der Waals surface area contributed by atoms with Crippen LogP contribution in [0.5, 0.6) is 0 Å². The number of aromatic nitrogens is 3. The van der Waals surface area contributed by atoms with Crippen molar-refractivity contribution >= 4 is 34.0 Å². The quantitative estimate of drug-likeness (QED) is 0.565. The molecule has 0 aliphatic rings. The average molecular weight is 380 g/mol. The van der Waals surface area contributed by atoms with E-state index in [0.29, 0.717) is 16.9 Å². The predicted octanol–water partition coefficient (Wildman–Crippen LogP) is 4.55. The molecule has 1 amide bonds. The van der Waals surface area contributed by atoms with Gasteiger partial charge in [-0.3, -0.25) is 4.79 Å². The molecule has 27 heavy (non-hydrogen) atoms. The number of carbonyl (C=O) groups excluding carboxylic acids is 1. The molecule has 0 radical (unpaired) electrons. The van der Waals surface area contributed by atoms with Gasteiger partial charge in [-0.05, 0) is 55.1 Å². The van der Waals surface area contributed by atoms with E-state index in [-0.39, 0.29) is 18.3 Å². The van der Waals surface area contributed by atoms with E-state index in [2.05, 4.69) is 21.5 Å². The summed E-state index contributed by atoms with van der Waals surface area (Å²) in [6.45, 7) is 3.70. The molecule has 136 valence electrons. The maximum absolute atomic E-state index is 13.2. The van der Waals surface area contributed by atoms with E-state index in [4.69, 9.17) is 0 Å². The predicted molar refractivity (Wildman–Crippen MR) is 105 cm³/mol. The Labute approximate surface area is 159 Å². The van der Waals surface area contributed by atoms with Gasteiger partial charge < -0.3 is 5.32 Å². The Bertz CT molecular complexity index is 1130. The number of hydrogen-bond acceptors (Lipinski definition) is 4. The van der Waals surface area contributed by atoms with Crippen molar-refractivity contribution in [3.63, 3.8) is 0 Å². The number of amides is 1. The zero-order valence-corrected chi connectivity index (χ0v) is 15.7. The second-order valence-electron chi connectivity index (χ2n) is 6.28. The molecule has 0 aliphatic heterocycles. The van der Waals surface area contributed by atoms with Crippen molar-refractivity contribution in [2.75, 3.05) is 5.32 Å². The van der Waals surface area contributed by atoms with E-state index in [1.54, 1.807) is 35.2 Å². The molecule has 0 atom stereocenters. The van der Waals surface area contributed by atoms with Crippen LogP contribution in [0.15, 0.2) is 48.0 Å². The molecule has 0 saturated heterocycles. The molecule has 0 aliphatic carbocycles. The number of nitrogens with zero attached hydrogens (tertiary/aromatic N) is 3. The number of nitrogens with one attached hydrogen (secondary N) is 1. The number of aryl methyl sites for hydroxylation is 2. The molecule has 0 saturated carbocycles. The largest absolute Gasteiger partial charge is 0.324 e. The van der Waals surface area contributed by atoms with E-state index >= 15 is 0 Å². The fourth-order valence-electron chi connectivity index (χ4n) is 3.12. The molecule has 1 N–H and O–H groups in total. The van der Waals surface area contributed by atoms with Crippen molar-refractivity contribution in [2.24, 2.45) is 0 Å². The van der Waals surface area contributed by atoms with E-state index in [1.807, 2.05) is 24.4 Å². The van der Waals surface area contributed by atoms with Gasteiger partial charge >= 0.3 is 0 Å². The molecule has 7 heteroatoms. The van der Waals surface area contributed by atoms with Crippen molar-refractivity contribution < 1.29 is 9.18 Å². The topological polar surface area (TPSA) is 59.8 Å². The lowest BCUT2D eigenvalue weighted by Crippen LogP contribution is -2.20. The summed E-state index contributed by atoms with van der Waals surface area (Å²) in [7, 11) is 0. The van der Waals surface area contributed by atoms with Crippen LogP contribution < -0.4 is 5.32 Å². The zero-order valence-electron chi connectivity index (χ0n) is 14.9. The molecule has 5 nitrogen and oxygen atoms in total. The first kappa shape index (κ1) is 17.4. The van der Waals surface area contributed by atoms with Gasteiger partial charge in [0.15, 0.2) is 5.65 Å². The fourth-order valence-corrected chi connectivity index (χ4v) is 3.88. The Morgan fingerprint density at radius 3 is 2.85 bits per heavy atom. The van der Waals surface area contributed by atoms with E-state index in [0.717, 1.165) is 21.5 Å². The molecular formula is C20H17FN4OS. The number of pyridine rings is 1. The molecule has 0 unspecified atom stereocenters. The van der Waals surface area contributed by atoms with Gasteiger partial charge in [0.1, 0.15) is 12.4 Å². The molecule has 3 aromatic heterocycles. The minimum absolute atomic E-state index is 0.0298. The Morgan fingerprint density at radius 2 is 2.11 bits per heavy atom. The normalized spacial score (nSPS) is 11.1. The first-order valence-corrected chi connectivity index (χ1v) is 9.33. The van der Waals surface area contributed by atoms with Gasteiger partial charge in [-0.1, -0.05) is 6.07 Å². The number of anilines is 1. The van der Waals surface area contributed by atoms with Crippen molar-refractivity contribution in [1.82, 2.24) is 14.8 Å². The molecule has 1 aromatic carbocycles. The SMILES string of the molecule is Cc1cc(F)ccc1NC(=O)Cn1nc(C)c2c(-c3cccs3)ccnc21. The molecule has 4 rings (SSSR count). The summed E-state index contributed by atoms with van der Waals surface area (Å²) in [6, 6.07) is 10.3. The summed E-state index contributed by atoms with van der Waals surface area (Å²) in [5.74, 6) is -0.568. The second kappa shape index (κ2) is 6.92. The highest BCUT2D eigenvalue weighted by Crippen LogP contribution is 2.32. The Morgan fingerprint density at radius 1 is 1.26 bits per heavy atom. The van der Waals surface area contributed by atoms with Gasteiger partial charge in [0.05, 0.1) is 11.1 Å². The van der Waals surface area contributed by atoms with Crippen molar-refractivity contribution in [2.45, 2.75) is 20.4 Å². The first-order valence-electron chi connectivity index (χ1n) is 8.45. The minimum Gasteiger partial charge on any atom is -0.324 e. The summed E-state index contributed by atoms with van der Waals surface area (Å²) in [5.41, 5.74) is 3.81. The van der Waals surface area contributed by atoms with Gasteiger partial charge in [-0.2, -0.15) is 5.10 Å². The molecule has 0 bridgehead atoms. The molecule has 0 spiro atoms. The van der Waals surface area contributed by atoms with Crippen LogP contribution in [0.2, 0.25) is 0 Å². The van der Waals surface area contributed by atoms with Gasteiger partial charge in [-0.15, -0.1) is 11.3 Å². The minimum atomic E-state index is -0.329. The third-order valence-corrected chi connectivity index (χ3v) is 5.25. The standard InChI is InChI=1S/C20H17FN4OS/c1-12-10-14(21)5-6-16(12)23-18(26)11-25-20-19(13(2)24-25)15(7-8-22-20)17-4-3-9-27-17/h3-10H,11H2,1-2H3,(H,23,26). The summed E-state index contributed by atoms with van der Waals surface area (Å²) >= 11 is 1.65. The number of hydrogen-bond donors (Lipinski definition) is 1. The third kappa shape index (κ3) is 3.33. The van der Waals surface area contributed by atoms with Gasteiger partial charge in [-0.25, -0.2) is 14.1 Å². The van der Waals surface area contributed by atoms with Gasteiger partial charge in [0.25, 0.3) is 0 Å². The van der Waals surface area contributed by atoms with Gasteiger partial charge in [0, 0.05) is 22.3 Å². The Balaban J connectivity index is 1.65. The van der Waals surface area contributed by atoms with Crippen LogP contribution in [0.25, 0.3) is 21.5 Å². The lowest BCUT2D eigenvalue weighted by atomic mass is 10.1. The molecular weight excluding hydrogens is 363 g/mol. The third-order valence-electron chi connectivity index (χ3n) is 4.35. The van der Waals surface area contributed by atoms with Crippen LogP contribution in [-0.2, 0) is 11.3 Å². The van der Waals surface area contributed by atoms with Crippen LogP contribution >= 0.6 is 11.3 Å². The highest BCUT2D eigenvalue weighted by Gasteiger charge is 2.16. The van der Waals surface area contributed by atoms with Gasteiger partial charge in [0.2, 0.25) is 5.91 Å². The number of rotatable bonds is 4. The zero-order chi connectivity index (χ0) is 19.0. The smallest absolute Gasteiger partial charge is 0.246 e. The second-order valence-corrected chi connectivity index (χ2v) is 7.23. The summed E-state index contributed by atoms with van der Waals surface area (Å²) in [4.78, 5) is 18.1. The Kier molecular flexibility index (Phi) is 4.45. The van der Waals surface area contributed by atoms with Crippen LogP contribution in [0, 0.1) is 19.7 Å². The summed E-state index contributed by atoms with van der Waals surface area (Å²) in [6.07, 6.45) is 1.73. The highest BCUT2D eigenvalue weighted by atomic mass is 32.1. The first-order chi connectivity index (χ1) is 13.0. The number of halogens is 1. The highest BCUT2D eigenvalue weighted by molar-refractivity contribution is 7.13. The number of thiophene rings is 1. The van der Waals surface area contributed by atoms with Crippen LogP contribution in [0.4, 0.5) is 10.1 Å². The summed E-state index contributed by atoms with van der Waals surface area (Å²) < 4.78 is 14.8. The lowest BCUT2D eigenvalue weighted by molar-refractivity contribution is -0.116. The molecule has 3 heterocycles. The van der Waals surface area contributed by atoms with E-state index < -0.39 is 0 Å². The lowest BCUT2D eigenvalue weighted by Gasteiger charge is -2.09. The van der Waals surface area contributed by atoms with Crippen molar-refractivity contribution in [1.29, 1.82) is 0 Å². The van der Waals surface area contributed by atoms with Crippen molar-refractivity contribution in [3.05, 3.63) is 65.0 Å². The Hall–Kier alpha value is -3.06. The fraction of sp³-hybridized carbons (Fsp3) is 0.150. The maximum atomic E-state index is 13.2. The van der Waals surface area contributed by atoms with Crippen LogP contribution in [0.3, 0.4) is 0 Å². The number of fused-ring (bicyclic) bond motifs is 1.